The minimum atomic E-state index is 0. The van der Waals surface area contributed by atoms with Crippen LogP contribution in [0.4, 0.5) is 0 Å². The molecular weight excluding hydrogens is 145 g/mol. The van der Waals surface area contributed by atoms with E-state index in [1.54, 1.807) is 0 Å². The summed E-state index contributed by atoms with van der Waals surface area (Å²) in [6.07, 6.45) is 1.07. The Bertz CT molecular complexity index is 28.6. The van der Waals surface area contributed by atoms with Gasteiger partial charge in [0.2, 0.25) is 0 Å². The normalized spacial score (nSPS) is 4.00. The van der Waals surface area contributed by atoms with Gasteiger partial charge in [-0.25, -0.2) is 0 Å². The Morgan fingerprint density at radius 3 is 1.80 bits per heavy atom. The molecule has 0 saturated carbocycles. The predicted octanol–water partition coefficient (Wildman–Crippen LogP) is -0.708. The summed E-state index contributed by atoms with van der Waals surface area (Å²) < 4.78 is 0. The van der Waals surface area contributed by atoms with Gasteiger partial charge in [-0.15, -0.1) is 0 Å². The summed E-state index contributed by atoms with van der Waals surface area (Å²) in [5.41, 5.74) is 0. The summed E-state index contributed by atoms with van der Waals surface area (Å²) in [6.45, 7) is 0. The second kappa shape index (κ2) is 8.82. The molecule has 0 aromatic carbocycles. The van der Waals surface area contributed by atoms with Gasteiger partial charge in [-0.05, 0) is 0 Å². The third-order valence-electron chi connectivity index (χ3n) is 0.0481. The summed E-state index contributed by atoms with van der Waals surface area (Å²) in [7, 11) is 0. The molecule has 0 aliphatic carbocycles. The second-order valence-corrected chi connectivity index (χ2v) is 0.236. The second-order valence-electron chi connectivity index (χ2n) is 0.236. The van der Waals surface area contributed by atoms with Gasteiger partial charge in [0, 0.05) is 39.0 Å². The van der Waals surface area contributed by atoms with E-state index in [1.807, 2.05) is 0 Å². The Morgan fingerprint density at radius 2 is 1.80 bits per heavy atom. The Hall–Kier alpha value is 0.444. The smallest absolute Gasteiger partial charge is 0.00115 e. The molecule has 1 radical (unpaired) electrons. The molecule has 0 aromatic rings. The first-order valence-electron chi connectivity index (χ1n) is 0.729. The molecule has 0 aromatic heterocycles. The topological polar surface area (TPSA) is 34.1 Å². The molecule has 0 saturated heterocycles. The van der Waals surface area contributed by atoms with E-state index in [9.17, 15) is 0 Å². The van der Waals surface area contributed by atoms with Crippen molar-refractivity contribution in [2.45, 2.75) is 0 Å². The van der Waals surface area contributed by atoms with Gasteiger partial charge in [0.05, 0.1) is 0 Å². The van der Waals surface area contributed by atoms with E-state index < -0.39 is 0 Å². The fourth-order valence-corrected chi connectivity index (χ4v) is 0. The first-order valence-corrected chi connectivity index (χ1v) is 0.729. The van der Waals surface area contributed by atoms with Crippen molar-refractivity contribution in [1.82, 2.24) is 0 Å². The Kier molecular flexibility index (Phi) is 16.0. The minimum Gasteiger partial charge on any atom is -0.534 e. The Labute approximate surface area is 54.8 Å². The van der Waals surface area contributed by atoms with E-state index >= 15 is 0 Å². The Balaban J connectivity index is 0. The van der Waals surface area contributed by atoms with Crippen LogP contribution in [0, 0.1) is 0 Å². The van der Waals surface area contributed by atoms with Crippen LogP contribution in [0.2, 0.25) is 0 Å². The van der Waals surface area contributed by atoms with Crippen molar-refractivity contribution in [3.63, 3.8) is 0 Å². The zero-order valence-electron chi connectivity index (χ0n) is 2.47. The number of aldehydes is 1. The molecule has 0 fully saturated rings. The summed E-state index contributed by atoms with van der Waals surface area (Å²) in [4.78, 5) is 17.4. The molecule has 3 heteroatoms. The molecule has 0 aliphatic heterocycles. The third-order valence-corrected chi connectivity index (χ3v) is 0.0481. The zero-order chi connectivity index (χ0) is 3.41. The van der Waals surface area contributed by atoms with Crippen LogP contribution in [-0.2, 0) is 42.3 Å². The number of carbonyl (C=O) groups is 1. The van der Waals surface area contributed by atoms with E-state index in [4.69, 9.17) is 9.59 Å². The standard InChI is InChI=1S/C2HO2.Y/c3-1-2-4;/h1H;/q-1;. The van der Waals surface area contributed by atoms with Crippen LogP contribution in [0.1, 0.15) is 0 Å². The molecule has 0 amide bonds. The van der Waals surface area contributed by atoms with Crippen molar-refractivity contribution in [2.75, 3.05) is 0 Å². The van der Waals surface area contributed by atoms with Crippen LogP contribution >= 0.6 is 0 Å². The van der Waals surface area contributed by atoms with Crippen LogP contribution in [0.3, 0.4) is 0 Å². The SMILES string of the molecule is O=[C-]C=O.[Y]. The number of carbonyl (C=O) groups excluding carboxylic acids is 2. The van der Waals surface area contributed by atoms with Crippen molar-refractivity contribution in [2.24, 2.45) is 0 Å². The first-order chi connectivity index (χ1) is 1.91. The largest absolute Gasteiger partial charge is 0.534 e. The molecule has 0 rings (SSSR count). The maximum absolute atomic E-state index is 8.75. The summed E-state index contributed by atoms with van der Waals surface area (Å²) in [6, 6.07) is 0. The Morgan fingerprint density at radius 1 is 1.60 bits per heavy atom. The number of hydrogen-bond acceptors (Lipinski definition) is 2. The molecule has 25 valence electrons. The van der Waals surface area contributed by atoms with Gasteiger partial charge in [0.1, 0.15) is 0 Å². The molecule has 0 N–H and O–H groups in total. The monoisotopic (exact) mass is 146 g/mol. The fourth-order valence-electron chi connectivity index (χ4n) is 0. The van der Waals surface area contributed by atoms with E-state index in [0.717, 1.165) is 6.29 Å². The fraction of sp³-hybridized carbons (Fsp3) is 0. The van der Waals surface area contributed by atoms with Crippen LogP contribution in [0.25, 0.3) is 0 Å². The third kappa shape index (κ3) is 12.7. The van der Waals surface area contributed by atoms with Crippen molar-refractivity contribution < 1.29 is 42.3 Å². The predicted molar refractivity (Wildman–Crippen MR) is 11.8 cm³/mol. The molecule has 0 aliphatic rings. The van der Waals surface area contributed by atoms with Crippen LogP contribution in [0.5, 0.6) is 0 Å². The van der Waals surface area contributed by atoms with Crippen molar-refractivity contribution in [3.05, 3.63) is 0 Å². The maximum Gasteiger partial charge on any atom is 0.00115 e. The van der Waals surface area contributed by atoms with E-state index in [2.05, 4.69) is 0 Å². The average Bonchev–Trinajstić information content (AvgIpc) is 1.37. The average molecular weight is 146 g/mol. The zero-order valence-corrected chi connectivity index (χ0v) is 5.31. The van der Waals surface area contributed by atoms with Crippen molar-refractivity contribution in [1.29, 1.82) is 0 Å². The van der Waals surface area contributed by atoms with Crippen LogP contribution in [0.15, 0.2) is 0 Å². The molecule has 0 atom stereocenters. The van der Waals surface area contributed by atoms with E-state index in [1.165, 1.54) is 0 Å². The molecule has 2 nitrogen and oxygen atoms in total. The van der Waals surface area contributed by atoms with Crippen LogP contribution < -0.4 is 0 Å². The molecule has 0 bridgehead atoms. The van der Waals surface area contributed by atoms with Crippen LogP contribution in [-0.4, -0.2) is 12.6 Å². The molecule has 0 spiro atoms. The van der Waals surface area contributed by atoms with Gasteiger partial charge >= 0.3 is 0 Å². The van der Waals surface area contributed by atoms with Crippen molar-refractivity contribution in [3.8, 4) is 0 Å². The molecule has 0 heterocycles. The van der Waals surface area contributed by atoms with Gasteiger partial charge in [-0.3, -0.25) is 0 Å². The summed E-state index contributed by atoms with van der Waals surface area (Å²) >= 11 is 0. The number of hydrogen-bond donors (Lipinski definition) is 0. The number of rotatable bonds is 1. The minimum absolute atomic E-state index is 0. The van der Waals surface area contributed by atoms with Gasteiger partial charge in [0.15, 0.2) is 0 Å². The van der Waals surface area contributed by atoms with Gasteiger partial charge in [-0.1, -0.05) is 0 Å². The van der Waals surface area contributed by atoms with Gasteiger partial charge in [-0.2, -0.15) is 6.29 Å². The van der Waals surface area contributed by atoms with Gasteiger partial charge in [0.25, 0.3) is 0 Å². The van der Waals surface area contributed by atoms with Gasteiger partial charge < -0.3 is 9.59 Å². The molecule has 5 heavy (non-hydrogen) atoms. The van der Waals surface area contributed by atoms with E-state index in [0.29, 0.717) is 0 Å². The molecule has 0 unspecified atom stereocenters. The maximum atomic E-state index is 8.75. The van der Waals surface area contributed by atoms with Crippen molar-refractivity contribution >= 4 is 12.6 Å². The quantitative estimate of drug-likeness (QED) is 0.278. The summed E-state index contributed by atoms with van der Waals surface area (Å²) in [5, 5.41) is 0. The molecular formula is C2HO2Y-. The first kappa shape index (κ1) is 9.06. The summed E-state index contributed by atoms with van der Waals surface area (Å²) in [5.74, 6) is 0. The van der Waals surface area contributed by atoms with E-state index in [-0.39, 0.29) is 39.0 Å².